The van der Waals surface area contributed by atoms with Crippen LogP contribution in [0.3, 0.4) is 0 Å². The number of hydrogen-bond donors (Lipinski definition) is 1. The van der Waals surface area contributed by atoms with Crippen molar-refractivity contribution in [2.75, 3.05) is 0 Å². The van der Waals surface area contributed by atoms with Crippen LogP contribution in [-0.2, 0) is 13.6 Å². The molecule has 0 amide bonds. The molecule has 0 radical (unpaired) electrons. The summed E-state index contributed by atoms with van der Waals surface area (Å²) in [5.41, 5.74) is 3.54. The topological polar surface area (TPSA) is 29.9 Å². The molecule has 2 rings (SSSR count). The molecular formula is C17H24FN3. The minimum Gasteiger partial charge on any atom is -0.310 e. The third kappa shape index (κ3) is 3.70. The molecule has 0 aliphatic carbocycles. The third-order valence-electron chi connectivity index (χ3n) is 3.44. The highest BCUT2D eigenvalue weighted by Gasteiger charge is 2.16. The largest absolute Gasteiger partial charge is 0.310 e. The first-order valence-electron chi connectivity index (χ1n) is 7.44. The average Bonchev–Trinajstić information content (AvgIpc) is 2.80. The van der Waals surface area contributed by atoms with Gasteiger partial charge in [-0.1, -0.05) is 33.8 Å². The van der Waals surface area contributed by atoms with Crippen LogP contribution in [0, 0.1) is 5.82 Å². The van der Waals surface area contributed by atoms with E-state index in [9.17, 15) is 4.39 Å². The molecule has 0 saturated heterocycles. The summed E-state index contributed by atoms with van der Waals surface area (Å²) in [5, 5.41) is 7.83. The van der Waals surface area contributed by atoms with Crippen molar-refractivity contribution >= 4 is 0 Å². The Hall–Kier alpha value is -1.68. The number of nitrogens with zero attached hydrogens (tertiary/aromatic N) is 2. The third-order valence-corrected chi connectivity index (χ3v) is 3.44. The van der Waals surface area contributed by atoms with Crippen molar-refractivity contribution in [1.82, 2.24) is 15.1 Å². The second-order valence-electron chi connectivity index (χ2n) is 6.11. The number of aromatic nitrogens is 2. The average molecular weight is 289 g/mol. The molecule has 4 heteroatoms. The van der Waals surface area contributed by atoms with Crippen LogP contribution >= 0.6 is 0 Å². The number of hydrogen-bond acceptors (Lipinski definition) is 2. The van der Waals surface area contributed by atoms with E-state index >= 15 is 0 Å². The first-order chi connectivity index (χ1) is 9.88. The molecule has 0 aliphatic heterocycles. The molecule has 0 spiro atoms. The Morgan fingerprint density at radius 1 is 1.19 bits per heavy atom. The Labute approximate surface area is 126 Å². The molecule has 114 valence electrons. The van der Waals surface area contributed by atoms with Crippen LogP contribution in [-0.4, -0.2) is 15.8 Å². The van der Waals surface area contributed by atoms with Crippen molar-refractivity contribution in [2.24, 2.45) is 7.05 Å². The van der Waals surface area contributed by atoms with Crippen LogP contribution in [0.15, 0.2) is 24.4 Å². The van der Waals surface area contributed by atoms with Crippen molar-refractivity contribution in [3.63, 3.8) is 0 Å². The van der Waals surface area contributed by atoms with Gasteiger partial charge in [0.15, 0.2) is 0 Å². The molecule has 1 heterocycles. The van der Waals surface area contributed by atoms with Gasteiger partial charge in [0.2, 0.25) is 0 Å². The molecule has 0 saturated carbocycles. The molecule has 0 unspecified atom stereocenters. The Kier molecular flexibility index (Phi) is 4.78. The summed E-state index contributed by atoms with van der Waals surface area (Å²) in [6.07, 6.45) is 1.90. The molecule has 3 nitrogen and oxygen atoms in total. The fourth-order valence-corrected chi connectivity index (χ4v) is 2.35. The fraction of sp³-hybridized carbons (Fsp3) is 0.471. The zero-order valence-corrected chi connectivity index (χ0v) is 13.4. The zero-order chi connectivity index (χ0) is 15.6. The van der Waals surface area contributed by atoms with Gasteiger partial charge in [-0.05, 0) is 23.6 Å². The maximum atomic E-state index is 14.2. The van der Waals surface area contributed by atoms with Crippen LogP contribution in [0.25, 0.3) is 11.1 Å². The van der Waals surface area contributed by atoms with Gasteiger partial charge in [-0.3, -0.25) is 4.68 Å². The maximum absolute atomic E-state index is 14.2. The number of nitrogens with one attached hydrogen (secondary N) is 1. The summed E-state index contributed by atoms with van der Waals surface area (Å²) < 4.78 is 16.0. The summed E-state index contributed by atoms with van der Waals surface area (Å²) in [5.74, 6) is 0.0660. The first-order valence-corrected chi connectivity index (χ1v) is 7.44. The van der Waals surface area contributed by atoms with Crippen LogP contribution in [0.5, 0.6) is 0 Å². The molecule has 21 heavy (non-hydrogen) atoms. The van der Waals surface area contributed by atoms with Crippen LogP contribution in [0.2, 0.25) is 0 Å². The summed E-state index contributed by atoms with van der Waals surface area (Å²) in [6, 6.07) is 5.71. The second-order valence-corrected chi connectivity index (χ2v) is 6.11. The van der Waals surface area contributed by atoms with Gasteiger partial charge in [-0.2, -0.15) is 5.10 Å². The van der Waals surface area contributed by atoms with E-state index in [1.165, 1.54) is 0 Å². The highest BCUT2D eigenvalue weighted by Crippen LogP contribution is 2.30. The minimum atomic E-state index is -0.196. The predicted molar refractivity (Wildman–Crippen MR) is 84.7 cm³/mol. The normalized spacial score (nSPS) is 11.6. The van der Waals surface area contributed by atoms with Crippen molar-refractivity contribution in [3.05, 3.63) is 41.5 Å². The molecule has 1 N–H and O–H groups in total. The molecule has 0 aliphatic rings. The van der Waals surface area contributed by atoms with Gasteiger partial charge in [0.25, 0.3) is 0 Å². The van der Waals surface area contributed by atoms with E-state index in [-0.39, 0.29) is 11.7 Å². The van der Waals surface area contributed by atoms with E-state index in [1.54, 1.807) is 10.7 Å². The predicted octanol–water partition coefficient (Wildman–Crippen LogP) is 3.85. The number of halogens is 1. The number of benzene rings is 1. The quantitative estimate of drug-likeness (QED) is 0.906. The van der Waals surface area contributed by atoms with Crippen LogP contribution < -0.4 is 5.32 Å². The lowest BCUT2D eigenvalue weighted by Gasteiger charge is -2.11. The monoisotopic (exact) mass is 289 g/mol. The van der Waals surface area contributed by atoms with Crippen molar-refractivity contribution in [1.29, 1.82) is 0 Å². The smallest absolute Gasteiger partial charge is 0.131 e. The van der Waals surface area contributed by atoms with Crippen LogP contribution in [0.4, 0.5) is 4.39 Å². The van der Waals surface area contributed by atoms with E-state index in [1.807, 2.05) is 25.4 Å². The zero-order valence-electron chi connectivity index (χ0n) is 13.4. The van der Waals surface area contributed by atoms with Crippen molar-refractivity contribution in [3.8, 4) is 11.1 Å². The lowest BCUT2D eigenvalue weighted by molar-refractivity contribution is 0.586. The SMILES string of the molecule is CC(C)NCc1ccc(F)c(-c2cn(C)nc2C(C)C)c1. The number of aryl methyl sites for hydroxylation is 1. The lowest BCUT2D eigenvalue weighted by Crippen LogP contribution is -2.21. The van der Waals surface area contributed by atoms with Gasteiger partial charge < -0.3 is 5.32 Å². The summed E-state index contributed by atoms with van der Waals surface area (Å²) in [7, 11) is 1.87. The molecule has 0 fully saturated rings. The van der Waals surface area contributed by atoms with E-state index in [0.29, 0.717) is 11.6 Å². The minimum absolute atomic E-state index is 0.196. The van der Waals surface area contributed by atoms with Gasteiger partial charge in [0.1, 0.15) is 5.82 Å². The Bertz CT molecular complexity index is 614. The van der Waals surface area contributed by atoms with Crippen molar-refractivity contribution in [2.45, 2.75) is 46.2 Å². The fourth-order valence-electron chi connectivity index (χ4n) is 2.35. The molecular weight excluding hydrogens is 265 g/mol. The van der Waals surface area contributed by atoms with Gasteiger partial charge in [0, 0.05) is 37.0 Å². The Balaban J connectivity index is 2.41. The summed E-state index contributed by atoms with van der Waals surface area (Å²) in [4.78, 5) is 0. The van der Waals surface area contributed by atoms with E-state index in [0.717, 1.165) is 23.4 Å². The maximum Gasteiger partial charge on any atom is 0.131 e. The molecule has 0 bridgehead atoms. The molecule has 0 atom stereocenters. The first kappa shape index (κ1) is 15.7. The highest BCUT2D eigenvalue weighted by atomic mass is 19.1. The van der Waals surface area contributed by atoms with Gasteiger partial charge in [0.05, 0.1) is 5.69 Å². The highest BCUT2D eigenvalue weighted by molar-refractivity contribution is 5.67. The lowest BCUT2D eigenvalue weighted by atomic mass is 9.98. The summed E-state index contributed by atoms with van der Waals surface area (Å²) in [6.45, 7) is 9.09. The summed E-state index contributed by atoms with van der Waals surface area (Å²) >= 11 is 0. The Morgan fingerprint density at radius 3 is 2.52 bits per heavy atom. The molecule has 1 aromatic carbocycles. The van der Waals surface area contributed by atoms with Gasteiger partial charge in [-0.25, -0.2) is 4.39 Å². The Morgan fingerprint density at radius 2 is 1.90 bits per heavy atom. The number of rotatable bonds is 5. The van der Waals surface area contributed by atoms with Gasteiger partial charge >= 0.3 is 0 Å². The van der Waals surface area contributed by atoms with E-state index < -0.39 is 0 Å². The standard InChI is InChI=1S/C17H24FN3/c1-11(2)17-15(10-21(5)20-17)14-8-13(6-7-16(14)18)9-19-12(3)4/h6-8,10-12,19H,9H2,1-5H3. The molecule has 2 aromatic rings. The van der Waals surface area contributed by atoms with E-state index in [2.05, 4.69) is 38.1 Å². The van der Waals surface area contributed by atoms with Gasteiger partial charge in [-0.15, -0.1) is 0 Å². The van der Waals surface area contributed by atoms with Crippen LogP contribution in [0.1, 0.15) is 44.9 Å². The molecule has 1 aromatic heterocycles. The van der Waals surface area contributed by atoms with Crippen molar-refractivity contribution < 1.29 is 4.39 Å². The second kappa shape index (κ2) is 6.39. The van der Waals surface area contributed by atoms with E-state index in [4.69, 9.17) is 0 Å².